The number of ketones is 1. The number of hydrogen-bond acceptors (Lipinski definition) is 7. The van der Waals surface area contributed by atoms with Gasteiger partial charge in [0.2, 0.25) is 0 Å². The van der Waals surface area contributed by atoms with Gasteiger partial charge < -0.3 is 19.1 Å². The van der Waals surface area contributed by atoms with Crippen LogP contribution in [0.2, 0.25) is 0 Å². The Bertz CT molecular complexity index is 1260. The predicted octanol–water partition coefficient (Wildman–Crippen LogP) is 4.33. The van der Waals surface area contributed by atoms with Gasteiger partial charge in [0.05, 0.1) is 35.5 Å². The quantitative estimate of drug-likeness (QED) is 0.440. The van der Waals surface area contributed by atoms with Gasteiger partial charge in [0.25, 0.3) is 0 Å². The highest BCUT2D eigenvalue weighted by Gasteiger charge is 2.36. The molecular formula is C28H32N4O3. The van der Waals surface area contributed by atoms with Crippen molar-refractivity contribution in [1.29, 1.82) is 0 Å². The number of ether oxygens (including phenoxy) is 1. The van der Waals surface area contributed by atoms with E-state index in [9.17, 15) is 4.79 Å². The van der Waals surface area contributed by atoms with Crippen LogP contribution in [0.25, 0.3) is 22.2 Å². The van der Waals surface area contributed by atoms with Crippen LogP contribution in [0.4, 0.5) is 11.4 Å². The number of nitrogens with zero attached hydrogens (tertiary/aromatic N) is 4. The molecule has 2 aliphatic heterocycles. The summed E-state index contributed by atoms with van der Waals surface area (Å²) in [7, 11) is 0. The first kappa shape index (κ1) is 21.4. The first-order valence-corrected chi connectivity index (χ1v) is 13.2. The maximum atomic E-state index is 13.8. The van der Waals surface area contributed by atoms with Gasteiger partial charge in [-0.3, -0.25) is 9.69 Å². The van der Waals surface area contributed by atoms with Gasteiger partial charge in [-0.2, -0.15) is 0 Å². The average Bonchev–Trinajstić information content (AvgIpc) is 3.38. The molecule has 7 heteroatoms. The topological polar surface area (TPSA) is 62.1 Å². The van der Waals surface area contributed by atoms with E-state index in [-0.39, 0.29) is 5.78 Å². The van der Waals surface area contributed by atoms with E-state index in [1.54, 1.807) is 0 Å². The molecule has 0 bridgehead atoms. The first-order chi connectivity index (χ1) is 17.3. The van der Waals surface area contributed by atoms with E-state index >= 15 is 0 Å². The highest BCUT2D eigenvalue weighted by Crippen LogP contribution is 2.47. The highest BCUT2D eigenvalue weighted by molar-refractivity contribution is 6.28. The Hall–Kier alpha value is -2.90. The molecule has 0 N–H and O–H groups in total. The van der Waals surface area contributed by atoms with E-state index in [0.717, 1.165) is 84.5 Å². The maximum absolute atomic E-state index is 13.8. The molecule has 7 rings (SSSR count). The Labute approximate surface area is 205 Å². The van der Waals surface area contributed by atoms with Crippen molar-refractivity contribution in [2.24, 2.45) is 0 Å². The summed E-state index contributed by atoms with van der Waals surface area (Å²) in [5.41, 5.74) is 5.19. The number of piperazine rings is 1. The lowest BCUT2D eigenvalue weighted by Gasteiger charge is -2.42. The van der Waals surface area contributed by atoms with Crippen molar-refractivity contribution in [2.45, 2.75) is 38.1 Å². The number of rotatable bonds is 3. The van der Waals surface area contributed by atoms with Gasteiger partial charge in [-0.15, -0.1) is 0 Å². The predicted molar refractivity (Wildman–Crippen MR) is 137 cm³/mol. The summed E-state index contributed by atoms with van der Waals surface area (Å²) in [6.45, 7) is 7.01. The molecule has 1 saturated carbocycles. The maximum Gasteiger partial charge on any atom is 0.196 e. The molecule has 7 nitrogen and oxygen atoms in total. The molecule has 182 valence electrons. The Kier molecular flexibility index (Phi) is 5.28. The van der Waals surface area contributed by atoms with Crippen LogP contribution in [0.15, 0.2) is 34.9 Å². The summed E-state index contributed by atoms with van der Waals surface area (Å²) in [5.74, 6) is 0.791. The first-order valence-electron chi connectivity index (χ1n) is 13.2. The molecule has 3 heterocycles. The van der Waals surface area contributed by atoms with E-state index in [2.05, 4.69) is 25.9 Å². The number of morpholine rings is 1. The van der Waals surface area contributed by atoms with Gasteiger partial charge in [0.1, 0.15) is 5.52 Å². The third-order valence-corrected chi connectivity index (χ3v) is 8.46. The van der Waals surface area contributed by atoms with Gasteiger partial charge in [-0.1, -0.05) is 48.7 Å². The number of fused-ring (bicyclic) bond motifs is 2. The molecule has 0 atom stereocenters. The van der Waals surface area contributed by atoms with Crippen molar-refractivity contribution in [3.05, 3.63) is 41.5 Å². The molecule has 4 aliphatic rings. The standard InChI is InChI=1S/C28H32N4O3/c33-27-20-8-4-5-9-21(20)28-25-24(27)22(32-14-16-34-17-15-32)18-23(26(25)29-35-28)31-12-10-30(11-13-31)19-6-2-1-3-7-19/h4-5,8-9,18-19H,1-3,6-7,10-17H2. The van der Waals surface area contributed by atoms with Crippen molar-refractivity contribution in [2.75, 3.05) is 62.3 Å². The van der Waals surface area contributed by atoms with Crippen molar-refractivity contribution < 1.29 is 14.1 Å². The third-order valence-electron chi connectivity index (χ3n) is 8.46. The summed E-state index contributed by atoms with van der Waals surface area (Å²) in [6, 6.07) is 10.7. The molecule has 0 radical (unpaired) electrons. The Morgan fingerprint density at radius 1 is 0.829 bits per heavy atom. The van der Waals surface area contributed by atoms with Crippen molar-refractivity contribution >= 4 is 28.1 Å². The molecule has 2 aliphatic carbocycles. The van der Waals surface area contributed by atoms with Gasteiger partial charge in [0, 0.05) is 56.4 Å². The fraction of sp³-hybridized carbons (Fsp3) is 0.500. The van der Waals surface area contributed by atoms with Crippen molar-refractivity contribution in [3.8, 4) is 11.3 Å². The van der Waals surface area contributed by atoms with E-state index in [1.165, 1.54) is 32.1 Å². The van der Waals surface area contributed by atoms with Crippen LogP contribution >= 0.6 is 0 Å². The molecule has 3 fully saturated rings. The molecule has 2 saturated heterocycles. The summed E-state index contributed by atoms with van der Waals surface area (Å²) in [5, 5.41) is 5.45. The highest BCUT2D eigenvalue weighted by atomic mass is 16.5. The minimum Gasteiger partial charge on any atom is -0.378 e. The summed E-state index contributed by atoms with van der Waals surface area (Å²) >= 11 is 0. The number of anilines is 2. The van der Waals surface area contributed by atoms with E-state index in [4.69, 9.17) is 9.26 Å². The number of carbonyl (C=O) groups excluding carboxylic acids is 1. The lowest BCUT2D eigenvalue weighted by Crippen LogP contribution is -2.51. The largest absolute Gasteiger partial charge is 0.378 e. The lowest BCUT2D eigenvalue weighted by molar-refractivity contribution is 0.103. The average molecular weight is 473 g/mol. The zero-order valence-corrected chi connectivity index (χ0v) is 20.2. The molecule has 0 unspecified atom stereocenters. The second-order valence-electron chi connectivity index (χ2n) is 10.3. The lowest BCUT2D eigenvalue weighted by atomic mass is 9.86. The number of aromatic nitrogens is 1. The van der Waals surface area contributed by atoms with Crippen LogP contribution in [-0.2, 0) is 4.74 Å². The SMILES string of the molecule is O=C1c2ccccc2-c2onc3c(N4CCN(C5CCCCC5)CC4)cc(N4CCOCC4)c1c23. The van der Waals surface area contributed by atoms with E-state index in [1.807, 2.05) is 24.3 Å². The fourth-order valence-electron chi connectivity index (χ4n) is 6.59. The molecule has 2 aromatic carbocycles. The fourth-order valence-corrected chi connectivity index (χ4v) is 6.59. The minimum absolute atomic E-state index is 0.0662. The zero-order valence-electron chi connectivity index (χ0n) is 20.2. The molecule has 0 spiro atoms. The number of carbonyl (C=O) groups is 1. The monoisotopic (exact) mass is 472 g/mol. The number of benzene rings is 2. The third kappa shape index (κ3) is 3.47. The molecule has 0 amide bonds. The zero-order chi connectivity index (χ0) is 23.4. The Balaban J connectivity index is 1.31. The van der Waals surface area contributed by atoms with Crippen LogP contribution in [-0.4, -0.2) is 74.4 Å². The minimum atomic E-state index is 0.0662. The Morgan fingerprint density at radius 2 is 1.54 bits per heavy atom. The molecule has 1 aromatic heterocycles. The molecular weight excluding hydrogens is 440 g/mol. The van der Waals surface area contributed by atoms with E-state index < -0.39 is 0 Å². The summed E-state index contributed by atoms with van der Waals surface area (Å²) < 4.78 is 11.6. The molecule has 3 aromatic rings. The van der Waals surface area contributed by atoms with Crippen LogP contribution in [0.3, 0.4) is 0 Å². The summed E-state index contributed by atoms with van der Waals surface area (Å²) in [4.78, 5) is 21.3. The van der Waals surface area contributed by atoms with E-state index in [0.29, 0.717) is 18.8 Å². The van der Waals surface area contributed by atoms with Crippen molar-refractivity contribution in [1.82, 2.24) is 10.1 Å². The van der Waals surface area contributed by atoms with Gasteiger partial charge in [-0.05, 0) is 18.9 Å². The van der Waals surface area contributed by atoms with Crippen molar-refractivity contribution in [3.63, 3.8) is 0 Å². The van der Waals surface area contributed by atoms with Gasteiger partial charge >= 0.3 is 0 Å². The Morgan fingerprint density at radius 3 is 2.31 bits per heavy atom. The van der Waals surface area contributed by atoms with Gasteiger partial charge in [-0.25, -0.2) is 0 Å². The number of hydrogen-bond donors (Lipinski definition) is 0. The van der Waals surface area contributed by atoms with Crippen LogP contribution in [0.5, 0.6) is 0 Å². The van der Waals surface area contributed by atoms with Crippen LogP contribution < -0.4 is 9.80 Å². The second kappa shape index (κ2) is 8.64. The van der Waals surface area contributed by atoms with Crippen LogP contribution in [0.1, 0.15) is 48.0 Å². The smallest absolute Gasteiger partial charge is 0.196 e. The second-order valence-corrected chi connectivity index (χ2v) is 10.3. The van der Waals surface area contributed by atoms with Crippen LogP contribution in [0, 0.1) is 0 Å². The van der Waals surface area contributed by atoms with Gasteiger partial charge in [0.15, 0.2) is 11.5 Å². The molecule has 35 heavy (non-hydrogen) atoms. The summed E-state index contributed by atoms with van der Waals surface area (Å²) in [6.07, 6.45) is 6.81. The normalized spacial score (nSPS) is 21.5.